The van der Waals surface area contributed by atoms with Crippen LogP contribution in [0, 0.1) is 5.82 Å². The normalized spacial score (nSPS) is 17.4. The van der Waals surface area contributed by atoms with E-state index in [0.717, 1.165) is 24.6 Å². The van der Waals surface area contributed by atoms with Crippen LogP contribution in [-0.2, 0) is 11.3 Å². The van der Waals surface area contributed by atoms with E-state index in [-0.39, 0.29) is 11.7 Å². The van der Waals surface area contributed by atoms with Crippen LogP contribution >= 0.6 is 11.3 Å². The van der Waals surface area contributed by atoms with Gasteiger partial charge in [-0.05, 0) is 31.0 Å². The number of rotatable bonds is 5. The molecule has 7 heteroatoms. The lowest BCUT2D eigenvalue weighted by Gasteiger charge is -2.41. The molecule has 1 fully saturated rings. The molecule has 0 radical (unpaired) electrons. The average molecular weight is 348 g/mol. The number of nitrogens with zero attached hydrogens (tertiary/aromatic N) is 2. The van der Waals surface area contributed by atoms with Crippen LogP contribution in [-0.4, -0.2) is 41.5 Å². The largest absolute Gasteiger partial charge is 0.371 e. The monoisotopic (exact) mass is 348 g/mol. The third-order valence-electron chi connectivity index (χ3n) is 4.42. The van der Waals surface area contributed by atoms with E-state index in [0.29, 0.717) is 18.5 Å². The number of hydrogen-bond donors (Lipinski definition) is 2. The van der Waals surface area contributed by atoms with E-state index < -0.39 is 5.54 Å². The molecule has 24 heavy (non-hydrogen) atoms. The second kappa shape index (κ2) is 7.27. The van der Waals surface area contributed by atoms with Crippen LogP contribution in [0.1, 0.15) is 17.8 Å². The van der Waals surface area contributed by atoms with Crippen LogP contribution in [0.5, 0.6) is 0 Å². The van der Waals surface area contributed by atoms with E-state index in [1.807, 2.05) is 11.6 Å². The predicted molar refractivity (Wildman–Crippen MR) is 93.4 cm³/mol. The number of carbonyl (C=O) groups is 1. The third-order valence-corrected chi connectivity index (χ3v) is 5.19. The van der Waals surface area contributed by atoms with Gasteiger partial charge in [0.25, 0.3) is 0 Å². The molecule has 1 aromatic carbocycles. The van der Waals surface area contributed by atoms with Crippen molar-refractivity contribution < 1.29 is 9.18 Å². The van der Waals surface area contributed by atoms with Crippen LogP contribution in [0.15, 0.2) is 35.8 Å². The summed E-state index contributed by atoms with van der Waals surface area (Å²) < 4.78 is 13.4. The van der Waals surface area contributed by atoms with Gasteiger partial charge < -0.3 is 10.6 Å². The van der Waals surface area contributed by atoms with E-state index in [1.54, 1.807) is 30.5 Å². The Morgan fingerprint density at radius 2 is 2.21 bits per heavy atom. The van der Waals surface area contributed by atoms with Gasteiger partial charge in [-0.1, -0.05) is 6.07 Å². The van der Waals surface area contributed by atoms with Gasteiger partial charge in [-0.3, -0.25) is 9.69 Å². The van der Waals surface area contributed by atoms with Gasteiger partial charge >= 0.3 is 0 Å². The van der Waals surface area contributed by atoms with Crippen molar-refractivity contribution in [3.63, 3.8) is 0 Å². The van der Waals surface area contributed by atoms with Crippen molar-refractivity contribution in [3.8, 4) is 0 Å². The zero-order valence-electron chi connectivity index (χ0n) is 13.6. The first-order valence-corrected chi connectivity index (χ1v) is 8.86. The second-order valence-corrected chi connectivity index (χ2v) is 6.98. The molecule has 0 spiro atoms. The van der Waals surface area contributed by atoms with Crippen molar-refractivity contribution in [1.29, 1.82) is 0 Å². The minimum atomic E-state index is -0.706. The summed E-state index contributed by atoms with van der Waals surface area (Å²) in [5.74, 6) is -0.367. The van der Waals surface area contributed by atoms with Crippen LogP contribution in [0.2, 0.25) is 0 Å². The van der Waals surface area contributed by atoms with Crippen LogP contribution in [0.25, 0.3) is 0 Å². The molecule has 1 amide bonds. The van der Waals surface area contributed by atoms with E-state index in [4.69, 9.17) is 0 Å². The van der Waals surface area contributed by atoms with Gasteiger partial charge in [0.05, 0.1) is 6.54 Å². The summed E-state index contributed by atoms with van der Waals surface area (Å²) >= 11 is 1.64. The summed E-state index contributed by atoms with van der Waals surface area (Å²) in [6, 6.07) is 6.25. The summed E-state index contributed by atoms with van der Waals surface area (Å²) in [7, 11) is 1.64. The summed E-state index contributed by atoms with van der Waals surface area (Å²) in [6.07, 6.45) is 3.13. The Kier molecular flexibility index (Phi) is 5.11. The predicted octanol–water partition coefficient (Wildman–Crippen LogP) is 2.47. The average Bonchev–Trinajstić information content (AvgIpc) is 3.09. The van der Waals surface area contributed by atoms with Gasteiger partial charge in [0, 0.05) is 37.4 Å². The van der Waals surface area contributed by atoms with Crippen molar-refractivity contribution >= 4 is 22.9 Å². The molecule has 1 aromatic heterocycles. The molecule has 3 rings (SSSR count). The van der Waals surface area contributed by atoms with E-state index in [1.165, 1.54) is 12.1 Å². The maximum Gasteiger partial charge on any atom is 0.245 e. The highest BCUT2D eigenvalue weighted by Crippen LogP contribution is 2.28. The summed E-state index contributed by atoms with van der Waals surface area (Å²) in [5.41, 5.74) is -0.0750. The van der Waals surface area contributed by atoms with Gasteiger partial charge in [-0.15, -0.1) is 11.3 Å². The number of amides is 1. The van der Waals surface area contributed by atoms with E-state index in [9.17, 15) is 9.18 Å². The van der Waals surface area contributed by atoms with Crippen molar-refractivity contribution in [2.24, 2.45) is 0 Å². The zero-order chi connectivity index (χ0) is 17.0. The quantitative estimate of drug-likeness (QED) is 0.872. The molecule has 1 saturated heterocycles. The number of likely N-dealkylation sites (N-methyl/N-ethyl adjacent to an activating group) is 1. The lowest BCUT2D eigenvalue weighted by molar-refractivity contribution is -0.126. The molecule has 2 aromatic rings. The first-order chi connectivity index (χ1) is 11.6. The molecule has 0 unspecified atom stereocenters. The molecule has 128 valence electrons. The van der Waals surface area contributed by atoms with Gasteiger partial charge in [-0.25, -0.2) is 9.37 Å². The summed E-state index contributed by atoms with van der Waals surface area (Å²) in [4.78, 5) is 19.1. The molecular formula is C17H21FN4OS. The SMILES string of the molecule is CNC(=O)C1(Nc2cccc(F)c2)CCN(Cc2nccs2)CC1. The van der Waals surface area contributed by atoms with E-state index >= 15 is 0 Å². The number of aromatic nitrogens is 1. The number of benzene rings is 1. The standard InChI is InChI=1S/C17H21FN4OS/c1-19-16(23)17(21-14-4-2-3-13(18)11-14)5-8-22(9-6-17)12-15-20-7-10-24-15/h2-4,7,10-11,21H,5-6,8-9,12H2,1H3,(H,19,23). The molecule has 0 atom stereocenters. The number of nitrogens with one attached hydrogen (secondary N) is 2. The fraction of sp³-hybridized carbons (Fsp3) is 0.412. The Balaban J connectivity index is 1.70. The number of carbonyl (C=O) groups excluding carboxylic acids is 1. The Hall–Kier alpha value is -1.99. The molecule has 0 saturated carbocycles. The minimum Gasteiger partial charge on any atom is -0.371 e. The topological polar surface area (TPSA) is 57.3 Å². The maximum atomic E-state index is 13.4. The zero-order valence-corrected chi connectivity index (χ0v) is 14.4. The molecule has 0 aliphatic carbocycles. The lowest BCUT2D eigenvalue weighted by Crippen LogP contribution is -2.57. The highest BCUT2D eigenvalue weighted by atomic mass is 32.1. The van der Waals surface area contributed by atoms with Crippen molar-refractivity contribution in [2.75, 3.05) is 25.5 Å². The van der Waals surface area contributed by atoms with Gasteiger partial charge in [0.15, 0.2) is 0 Å². The summed E-state index contributed by atoms with van der Waals surface area (Å²) in [6.45, 7) is 2.38. The van der Waals surface area contributed by atoms with Gasteiger partial charge in [-0.2, -0.15) is 0 Å². The number of thiazole rings is 1. The Morgan fingerprint density at radius 1 is 1.42 bits per heavy atom. The highest BCUT2D eigenvalue weighted by Gasteiger charge is 2.41. The highest BCUT2D eigenvalue weighted by molar-refractivity contribution is 7.09. The fourth-order valence-corrected chi connectivity index (χ4v) is 3.76. The summed E-state index contributed by atoms with van der Waals surface area (Å²) in [5, 5.41) is 9.08. The van der Waals surface area contributed by atoms with Crippen LogP contribution in [0.3, 0.4) is 0 Å². The van der Waals surface area contributed by atoms with Crippen molar-refractivity contribution in [1.82, 2.24) is 15.2 Å². The maximum absolute atomic E-state index is 13.4. The van der Waals surface area contributed by atoms with E-state index in [2.05, 4.69) is 20.5 Å². The minimum absolute atomic E-state index is 0.0549. The molecule has 2 heterocycles. The number of anilines is 1. The Morgan fingerprint density at radius 3 is 2.83 bits per heavy atom. The molecule has 1 aliphatic heterocycles. The molecule has 0 bridgehead atoms. The molecule has 5 nitrogen and oxygen atoms in total. The first-order valence-electron chi connectivity index (χ1n) is 7.98. The fourth-order valence-electron chi connectivity index (χ4n) is 3.11. The number of piperidine rings is 1. The van der Waals surface area contributed by atoms with Gasteiger partial charge in [0.2, 0.25) is 5.91 Å². The Bertz CT molecular complexity index is 684. The number of likely N-dealkylation sites (tertiary alicyclic amines) is 1. The molecule has 1 aliphatic rings. The lowest BCUT2D eigenvalue weighted by atomic mass is 9.86. The van der Waals surface area contributed by atoms with Gasteiger partial charge in [0.1, 0.15) is 16.4 Å². The molecular weight excluding hydrogens is 327 g/mol. The van der Waals surface area contributed by atoms with Crippen molar-refractivity contribution in [2.45, 2.75) is 24.9 Å². The number of halogens is 1. The van der Waals surface area contributed by atoms with Crippen molar-refractivity contribution in [3.05, 3.63) is 46.7 Å². The second-order valence-electron chi connectivity index (χ2n) is 6.00. The van der Waals surface area contributed by atoms with Crippen LogP contribution < -0.4 is 10.6 Å². The van der Waals surface area contributed by atoms with Crippen LogP contribution in [0.4, 0.5) is 10.1 Å². The smallest absolute Gasteiger partial charge is 0.245 e. The number of hydrogen-bond acceptors (Lipinski definition) is 5. The Labute approximate surface area is 144 Å². The molecule has 2 N–H and O–H groups in total. The first kappa shape index (κ1) is 16.9. The third kappa shape index (κ3) is 3.73.